The van der Waals surface area contributed by atoms with Crippen LogP contribution in [0.25, 0.3) is 0 Å². The van der Waals surface area contributed by atoms with Crippen LogP contribution in [0.4, 0.5) is 27.6 Å². The number of amides is 1. The maximum absolute atomic E-state index is 13.1. The van der Waals surface area contributed by atoms with Crippen molar-refractivity contribution in [2.75, 3.05) is 0 Å². The summed E-state index contributed by atoms with van der Waals surface area (Å²) in [6, 6.07) is 0.354. The van der Waals surface area contributed by atoms with Gasteiger partial charge in [-0.15, -0.1) is 0 Å². The molecule has 114 valence electrons. The van der Waals surface area contributed by atoms with E-state index in [1.165, 1.54) is 0 Å². The Morgan fingerprint density at radius 2 is 1.76 bits per heavy atom. The van der Waals surface area contributed by atoms with Gasteiger partial charge in [0.2, 0.25) is 0 Å². The van der Waals surface area contributed by atoms with Crippen LogP contribution in [0.15, 0.2) is 12.1 Å². The molecule has 0 radical (unpaired) electrons. The Labute approximate surface area is 113 Å². The number of carbonyl (C=O) groups excluding carboxylic acids is 1. The fraction of sp³-hybridized carbons (Fsp3) is 0.364. The lowest BCUT2D eigenvalue weighted by Crippen LogP contribution is -2.48. The Kier molecular flexibility index (Phi) is 3.34. The molecule has 1 aliphatic carbocycles. The quantitative estimate of drug-likeness (QED) is 0.530. The molecule has 1 aromatic carbocycles. The van der Waals surface area contributed by atoms with Gasteiger partial charge in [0.15, 0.2) is 11.6 Å². The van der Waals surface area contributed by atoms with Crippen LogP contribution in [0.1, 0.15) is 23.2 Å². The van der Waals surface area contributed by atoms with Gasteiger partial charge in [-0.2, -0.15) is 13.2 Å². The molecule has 0 heterocycles. The largest absolute Gasteiger partial charge is 0.411 e. The Morgan fingerprint density at radius 1 is 1.24 bits per heavy atom. The summed E-state index contributed by atoms with van der Waals surface area (Å²) in [5, 5.41) is 12.3. The third-order valence-corrected chi connectivity index (χ3v) is 3.13. The van der Waals surface area contributed by atoms with Crippen LogP contribution in [0.5, 0.6) is 0 Å². The van der Waals surface area contributed by atoms with Crippen molar-refractivity contribution >= 4 is 11.6 Å². The number of nitro benzene ring substituents is 1. The lowest BCUT2D eigenvalue weighted by molar-refractivity contribution is -0.385. The van der Waals surface area contributed by atoms with Crippen molar-refractivity contribution < 1.29 is 31.7 Å². The second-order valence-corrected chi connectivity index (χ2v) is 4.57. The summed E-state index contributed by atoms with van der Waals surface area (Å²) in [7, 11) is 0. The predicted octanol–water partition coefficient (Wildman–Crippen LogP) is 2.70. The molecule has 0 unspecified atom stereocenters. The Bertz CT molecular complexity index is 625. The first-order valence-corrected chi connectivity index (χ1v) is 5.60. The number of hydrogen-bond donors (Lipinski definition) is 1. The molecule has 0 aromatic heterocycles. The minimum atomic E-state index is -4.73. The topological polar surface area (TPSA) is 72.2 Å². The first-order valence-electron chi connectivity index (χ1n) is 5.60. The Morgan fingerprint density at radius 3 is 2.19 bits per heavy atom. The number of nitrogens with zero attached hydrogens (tertiary/aromatic N) is 1. The van der Waals surface area contributed by atoms with Crippen LogP contribution in [-0.2, 0) is 0 Å². The van der Waals surface area contributed by atoms with E-state index < -0.39 is 45.4 Å². The maximum Gasteiger partial charge on any atom is 0.411 e. The number of hydrogen-bond acceptors (Lipinski definition) is 3. The highest BCUT2D eigenvalue weighted by Gasteiger charge is 2.64. The van der Waals surface area contributed by atoms with Crippen LogP contribution in [0, 0.1) is 21.7 Å². The summed E-state index contributed by atoms with van der Waals surface area (Å²) in [6.07, 6.45) is -5.48. The molecule has 1 fully saturated rings. The van der Waals surface area contributed by atoms with Crippen molar-refractivity contribution in [2.24, 2.45) is 0 Å². The van der Waals surface area contributed by atoms with E-state index in [2.05, 4.69) is 0 Å². The Hall–Kier alpha value is -2.26. The molecule has 0 bridgehead atoms. The van der Waals surface area contributed by atoms with Gasteiger partial charge >= 0.3 is 6.18 Å². The number of halogens is 5. The van der Waals surface area contributed by atoms with Gasteiger partial charge in [0.1, 0.15) is 11.1 Å². The predicted molar refractivity (Wildman–Crippen MR) is 58.5 cm³/mol. The normalized spacial score (nSPS) is 16.4. The molecular weight excluding hydrogens is 303 g/mol. The van der Waals surface area contributed by atoms with Gasteiger partial charge in [0.05, 0.1) is 11.0 Å². The molecule has 5 nitrogen and oxygen atoms in total. The highest BCUT2D eigenvalue weighted by molar-refractivity contribution is 5.98. The summed E-state index contributed by atoms with van der Waals surface area (Å²) < 4.78 is 64.1. The van der Waals surface area contributed by atoms with Gasteiger partial charge in [-0.1, -0.05) is 0 Å². The average Bonchev–Trinajstić information content (AvgIpc) is 3.12. The molecule has 21 heavy (non-hydrogen) atoms. The summed E-state index contributed by atoms with van der Waals surface area (Å²) in [5.41, 5.74) is -4.53. The van der Waals surface area contributed by atoms with E-state index in [0.717, 1.165) is 0 Å². The van der Waals surface area contributed by atoms with Crippen molar-refractivity contribution in [1.82, 2.24) is 5.32 Å². The molecule has 1 N–H and O–H groups in total. The number of alkyl halides is 3. The van der Waals surface area contributed by atoms with Crippen molar-refractivity contribution in [1.29, 1.82) is 0 Å². The second kappa shape index (κ2) is 4.64. The fourth-order valence-corrected chi connectivity index (χ4v) is 1.76. The van der Waals surface area contributed by atoms with E-state index in [4.69, 9.17) is 0 Å². The van der Waals surface area contributed by atoms with E-state index in [1.54, 1.807) is 5.32 Å². The van der Waals surface area contributed by atoms with E-state index in [9.17, 15) is 36.9 Å². The maximum atomic E-state index is 13.1. The van der Waals surface area contributed by atoms with Gasteiger partial charge in [0, 0.05) is 0 Å². The molecule has 1 amide bonds. The third-order valence-electron chi connectivity index (χ3n) is 3.13. The molecule has 1 aromatic rings. The van der Waals surface area contributed by atoms with Crippen LogP contribution in [0.3, 0.4) is 0 Å². The van der Waals surface area contributed by atoms with Crippen molar-refractivity contribution in [3.05, 3.63) is 39.4 Å². The van der Waals surface area contributed by atoms with Gasteiger partial charge < -0.3 is 5.32 Å². The van der Waals surface area contributed by atoms with E-state index in [0.29, 0.717) is 0 Å². The number of nitrogens with one attached hydrogen (secondary N) is 1. The van der Waals surface area contributed by atoms with Crippen LogP contribution >= 0.6 is 0 Å². The highest BCUT2D eigenvalue weighted by Crippen LogP contribution is 2.49. The molecule has 0 spiro atoms. The molecule has 0 atom stereocenters. The van der Waals surface area contributed by atoms with Gasteiger partial charge in [0.25, 0.3) is 11.6 Å². The fourth-order valence-electron chi connectivity index (χ4n) is 1.76. The van der Waals surface area contributed by atoms with Crippen molar-refractivity contribution in [3.8, 4) is 0 Å². The monoisotopic (exact) mass is 310 g/mol. The molecule has 1 saturated carbocycles. The second-order valence-electron chi connectivity index (χ2n) is 4.57. The zero-order valence-corrected chi connectivity index (χ0v) is 10.1. The molecule has 10 heteroatoms. The Balaban J connectivity index is 2.36. The highest BCUT2D eigenvalue weighted by atomic mass is 19.4. The zero-order chi connectivity index (χ0) is 16.0. The number of benzene rings is 1. The zero-order valence-electron chi connectivity index (χ0n) is 10.1. The van der Waals surface area contributed by atoms with Gasteiger partial charge in [-0.3, -0.25) is 14.9 Å². The van der Waals surface area contributed by atoms with Gasteiger partial charge in [-0.05, 0) is 18.9 Å². The summed E-state index contributed by atoms with van der Waals surface area (Å²) in [4.78, 5) is 21.2. The molecule has 0 saturated heterocycles. The summed E-state index contributed by atoms with van der Waals surface area (Å²) >= 11 is 0. The van der Waals surface area contributed by atoms with Crippen LogP contribution < -0.4 is 5.32 Å². The first kappa shape index (κ1) is 15.1. The minimum Gasteiger partial charge on any atom is -0.338 e. The standard InChI is InChI=1S/C11H7F5N2O3/c12-6-3-5(8(18(20)21)4-7(6)13)9(19)17-10(1-2-10)11(14,15)16/h3-4H,1-2H2,(H,17,19). The summed E-state index contributed by atoms with van der Waals surface area (Å²) in [5.74, 6) is -4.62. The van der Waals surface area contributed by atoms with Crippen molar-refractivity contribution in [3.63, 3.8) is 0 Å². The van der Waals surface area contributed by atoms with E-state index >= 15 is 0 Å². The van der Waals surface area contributed by atoms with Crippen LogP contribution in [0.2, 0.25) is 0 Å². The summed E-state index contributed by atoms with van der Waals surface area (Å²) in [6.45, 7) is 0. The SMILES string of the molecule is O=C(NC1(C(F)(F)F)CC1)c1cc(F)c(F)cc1[N+](=O)[O-]. The average molecular weight is 310 g/mol. The van der Waals surface area contributed by atoms with Crippen LogP contribution in [-0.4, -0.2) is 22.5 Å². The third kappa shape index (κ3) is 2.65. The number of carbonyl (C=O) groups is 1. The van der Waals surface area contributed by atoms with E-state index in [-0.39, 0.29) is 25.0 Å². The lowest BCUT2D eigenvalue weighted by Gasteiger charge is -2.20. The van der Waals surface area contributed by atoms with Gasteiger partial charge in [-0.25, -0.2) is 8.78 Å². The molecule has 1 aliphatic rings. The minimum absolute atomic E-state index is 0.150. The van der Waals surface area contributed by atoms with E-state index in [1.807, 2.05) is 0 Å². The first-order chi connectivity index (χ1) is 9.57. The smallest absolute Gasteiger partial charge is 0.338 e. The number of rotatable bonds is 3. The van der Waals surface area contributed by atoms with Crippen molar-refractivity contribution in [2.45, 2.75) is 24.6 Å². The lowest BCUT2D eigenvalue weighted by atomic mass is 10.1. The molecular formula is C11H7F5N2O3. The number of nitro groups is 1. The molecule has 2 rings (SSSR count). The molecule has 0 aliphatic heterocycles.